The molecule has 0 aliphatic carbocycles. The first-order valence-corrected chi connectivity index (χ1v) is 4.69. The Bertz CT molecular complexity index is 392. The number of nitrogens with two attached hydrogens (primary N) is 1. The zero-order valence-electron chi connectivity index (χ0n) is 7.90. The van der Waals surface area contributed by atoms with E-state index in [4.69, 9.17) is 5.73 Å². The third-order valence-corrected chi connectivity index (χ3v) is 2.16. The van der Waals surface area contributed by atoms with Gasteiger partial charge in [-0.15, -0.1) is 0 Å². The predicted molar refractivity (Wildman–Crippen MR) is 56.8 cm³/mol. The Kier molecular flexibility index (Phi) is 2.60. The highest BCUT2D eigenvalue weighted by molar-refractivity contribution is 5.61. The van der Waals surface area contributed by atoms with Crippen LogP contribution in [-0.2, 0) is 6.42 Å². The van der Waals surface area contributed by atoms with Gasteiger partial charge in [-0.05, 0) is 6.54 Å². The molecule has 0 aliphatic heterocycles. The topological polar surface area (TPSA) is 54.7 Å². The van der Waals surface area contributed by atoms with Gasteiger partial charge in [0.2, 0.25) is 0 Å². The molecule has 2 rings (SSSR count). The van der Waals surface area contributed by atoms with Crippen molar-refractivity contribution in [2.24, 2.45) is 5.73 Å². The second-order valence-corrected chi connectivity index (χ2v) is 3.13. The molecule has 72 valence electrons. The van der Waals surface area contributed by atoms with Crippen LogP contribution in [0, 0.1) is 0 Å². The van der Waals surface area contributed by atoms with Gasteiger partial charge in [0.15, 0.2) is 0 Å². The number of aromatic nitrogens is 2. The number of H-pyrrole nitrogens is 1. The zero-order valence-corrected chi connectivity index (χ0v) is 7.90. The number of hydrogen-bond donors (Lipinski definition) is 2. The summed E-state index contributed by atoms with van der Waals surface area (Å²) in [6.45, 7) is 0.641. The lowest BCUT2D eigenvalue weighted by molar-refractivity contribution is 0.937. The molecule has 0 aliphatic rings. The maximum Gasteiger partial charge on any atom is 0.0929 e. The number of rotatable bonds is 3. The van der Waals surface area contributed by atoms with Crippen LogP contribution in [0.15, 0.2) is 36.7 Å². The molecular weight excluding hydrogens is 174 g/mol. The SMILES string of the molecule is NCCc1[nH]cnc1-c1ccccc1. The summed E-state index contributed by atoms with van der Waals surface area (Å²) in [4.78, 5) is 7.41. The number of nitrogens with zero attached hydrogens (tertiary/aromatic N) is 1. The fourth-order valence-corrected chi connectivity index (χ4v) is 1.50. The minimum Gasteiger partial charge on any atom is -0.348 e. The molecule has 0 spiro atoms. The lowest BCUT2D eigenvalue weighted by Gasteiger charge is -2.00. The molecule has 1 aromatic carbocycles. The molecule has 0 bridgehead atoms. The number of imidazole rings is 1. The molecule has 2 aromatic rings. The quantitative estimate of drug-likeness (QED) is 0.766. The molecule has 0 saturated heterocycles. The average molecular weight is 187 g/mol. The van der Waals surface area contributed by atoms with Crippen molar-refractivity contribution in [1.82, 2.24) is 9.97 Å². The van der Waals surface area contributed by atoms with Gasteiger partial charge in [-0.1, -0.05) is 30.3 Å². The molecule has 0 amide bonds. The van der Waals surface area contributed by atoms with Crippen molar-refractivity contribution < 1.29 is 0 Å². The average Bonchev–Trinajstić information content (AvgIpc) is 2.68. The largest absolute Gasteiger partial charge is 0.348 e. The van der Waals surface area contributed by atoms with E-state index in [1.807, 2.05) is 18.2 Å². The molecule has 0 unspecified atom stereocenters. The molecule has 3 N–H and O–H groups in total. The Morgan fingerprint density at radius 3 is 2.71 bits per heavy atom. The highest BCUT2D eigenvalue weighted by Crippen LogP contribution is 2.19. The summed E-state index contributed by atoms with van der Waals surface area (Å²) in [5.41, 5.74) is 8.78. The van der Waals surface area contributed by atoms with Gasteiger partial charge in [-0.3, -0.25) is 0 Å². The van der Waals surface area contributed by atoms with E-state index in [1.165, 1.54) is 0 Å². The zero-order chi connectivity index (χ0) is 9.80. The summed E-state index contributed by atoms with van der Waals surface area (Å²) in [5.74, 6) is 0. The van der Waals surface area contributed by atoms with Crippen molar-refractivity contribution in [2.75, 3.05) is 6.54 Å². The minimum absolute atomic E-state index is 0.641. The van der Waals surface area contributed by atoms with Gasteiger partial charge in [0.25, 0.3) is 0 Å². The molecule has 14 heavy (non-hydrogen) atoms. The van der Waals surface area contributed by atoms with Gasteiger partial charge in [-0.2, -0.15) is 0 Å². The summed E-state index contributed by atoms with van der Waals surface area (Å²) in [6, 6.07) is 10.1. The first kappa shape index (κ1) is 8.97. The molecule has 3 nitrogen and oxygen atoms in total. The number of aromatic amines is 1. The van der Waals surface area contributed by atoms with Crippen LogP contribution in [-0.4, -0.2) is 16.5 Å². The molecular formula is C11H13N3. The molecule has 0 radical (unpaired) electrons. The molecule has 0 fully saturated rings. The van der Waals surface area contributed by atoms with Crippen molar-refractivity contribution in [3.8, 4) is 11.3 Å². The van der Waals surface area contributed by atoms with E-state index in [1.54, 1.807) is 6.33 Å². The van der Waals surface area contributed by atoms with E-state index in [0.717, 1.165) is 23.4 Å². The summed E-state index contributed by atoms with van der Waals surface area (Å²) in [6.07, 6.45) is 2.55. The maximum atomic E-state index is 5.52. The minimum atomic E-state index is 0.641. The Balaban J connectivity index is 2.37. The summed E-state index contributed by atoms with van der Waals surface area (Å²) < 4.78 is 0. The van der Waals surface area contributed by atoms with Crippen molar-refractivity contribution in [1.29, 1.82) is 0 Å². The second kappa shape index (κ2) is 4.07. The Hall–Kier alpha value is -1.61. The van der Waals surface area contributed by atoms with E-state index in [-0.39, 0.29) is 0 Å². The lowest BCUT2D eigenvalue weighted by Crippen LogP contribution is -2.03. The highest BCUT2D eigenvalue weighted by atomic mass is 14.9. The van der Waals surface area contributed by atoms with Crippen LogP contribution in [0.3, 0.4) is 0 Å². The van der Waals surface area contributed by atoms with Crippen LogP contribution in [0.1, 0.15) is 5.69 Å². The molecule has 0 saturated carbocycles. The fraction of sp³-hybridized carbons (Fsp3) is 0.182. The van der Waals surface area contributed by atoms with Gasteiger partial charge >= 0.3 is 0 Å². The van der Waals surface area contributed by atoms with Crippen LogP contribution in [0.2, 0.25) is 0 Å². The van der Waals surface area contributed by atoms with E-state index in [2.05, 4.69) is 22.1 Å². The molecule has 1 aromatic heterocycles. The third kappa shape index (κ3) is 1.67. The molecule has 1 heterocycles. The van der Waals surface area contributed by atoms with Crippen LogP contribution >= 0.6 is 0 Å². The van der Waals surface area contributed by atoms with Crippen LogP contribution in [0.25, 0.3) is 11.3 Å². The van der Waals surface area contributed by atoms with Gasteiger partial charge in [0.1, 0.15) is 0 Å². The van der Waals surface area contributed by atoms with E-state index in [0.29, 0.717) is 6.54 Å². The third-order valence-electron chi connectivity index (χ3n) is 2.16. The smallest absolute Gasteiger partial charge is 0.0929 e. The maximum absolute atomic E-state index is 5.52. The van der Waals surface area contributed by atoms with Crippen LogP contribution in [0.4, 0.5) is 0 Å². The molecule has 0 atom stereocenters. The van der Waals surface area contributed by atoms with Crippen molar-refractivity contribution in [3.63, 3.8) is 0 Å². The van der Waals surface area contributed by atoms with E-state index >= 15 is 0 Å². The Labute approximate surface area is 83.0 Å². The van der Waals surface area contributed by atoms with Gasteiger partial charge < -0.3 is 10.7 Å². The first-order valence-electron chi connectivity index (χ1n) is 4.69. The Morgan fingerprint density at radius 2 is 2.00 bits per heavy atom. The van der Waals surface area contributed by atoms with Crippen molar-refractivity contribution >= 4 is 0 Å². The summed E-state index contributed by atoms with van der Waals surface area (Å²) in [7, 11) is 0. The number of hydrogen-bond acceptors (Lipinski definition) is 2. The lowest BCUT2D eigenvalue weighted by atomic mass is 10.1. The van der Waals surface area contributed by atoms with Crippen molar-refractivity contribution in [3.05, 3.63) is 42.4 Å². The second-order valence-electron chi connectivity index (χ2n) is 3.13. The standard InChI is InChI=1S/C11H13N3/c12-7-6-10-11(14-8-13-10)9-4-2-1-3-5-9/h1-5,8H,6-7,12H2,(H,13,14). The van der Waals surface area contributed by atoms with Crippen LogP contribution < -0.4 is 5.73 Å². The number of benzene rings is 1. The first-order chi connectivity index (χ1) is 6.92. The number of nitrogens with one attached hydrogen (secondary N) is 1. The van der Waals surface area contributed by atoms with Gasteiger partial charge in [-0.25, -0.2) is 4.98 Å². The normalized spacial score (nSPS) is 10.4. The predicted octanol–water partition coefficient (Wildman–Crippen LogP) is 1.58. The van der Waals surface area contributed by atoms with Gasteiger partial charge in [0, 0.05) is 17.7 Å². The van der Waals surface area contributed by atoms with Crippen LogP contribution in [0.5, 0.6) is 0 Å². The van der Waals surface area contributed by atoms with E-state index in [9.17, 15) is 0 Å². The summed E-state index contributed by atoms with van der Waals surface area (Å²) >= 11 is 0. The van der Waals surface area contributed by atoms with Crippen molar-refractivity contribution in [2.45, 2.75) is 6.42 Å². The highest BCUT2D eigenvalue weighted by Gasteiger charge is 2.05. The fourth-order valence-electron chi connectivity index (χ4n) is 1.50. The van der Waals surface area contributed by atoms with E-state index < -0.39 is 0 Å². The molecule has 3 heteroatoms. The Morgan fingerprint density at radius 1 is 1.21 bits per heavy atom. The monoisotopic (exact) mass is 187 g/mol. The van der Waals surface area contributed by atoms with Gasteiger partial charge in [0.05, 0.1) is 12.0 Å². The summed E-state index contributed by atoms with van der Waals surface area (Å²) in [5, 5.41) is 0.